The molecule has 12 heavy (non-hydrogen) atoms. The second-order valence-corrected chi connectivity index (χ2v) is 3.88. The summed E-state index contributed by atoms with van der Waals surface area (Å²) in [4.78, 5) is 10.6. The van der Waals surface area contributed by atoms with E-state index in [0.717, 1.165) is 3.58 Å². The maximum atomic E-state index is 10.6. The van der Waals surface area contributed by atoms with Crippen LogP contribution in [-0.2, 0) is 14.3 Å². The number of halogens is 2. The minimum atomic E-state index is -0.383. The predicted molar refractivity (Wildman–Crippen MR) is 55.4 cm³/mol. The van der Waals surface area contributed by atoms with Crippen molar-refractivity contribution in [3.63, 3.8) is 0 Å². The van der Waals surface area contributed by atoms with Crippen molar-refractivity contribution >= 4 is 40.2 Å². The van der Waals surface area contributed by atoms with Gasteiger partial charge in [0.15, 0.2) is 0 Å². The summed E-state index contributed by atoms with van der Waals surface area (Å²) in [6.45, 7) is 2.09. The van der Waals surface area contributed by atoms with Gasteiger partial charge in [0, 0.05) is 8.61 Å². The van der Waals surface area contributed by atoms with Crippen LogP contribution in [0.1, 0.15) is 6.92 Å². The highest BCUT2D eigenvalue weighted by atomic mass is 127. The fraction of sp³-hybridized carbons (Fsp3) is 0.571. The van der Waals surface area contributed by atoms with E-state index in [-0.39, 0.29) is 12.6 Å². The normalized spacial score (nSPS) is 12.3. The summed E-state index contributed by atoms with van der Waals surface area (Å²) in [5.41, 5.74) is 0. The van der Waals surface area contributed by atoms with Gasteiger partial charge in [-0.05, 0) is 29.5 Å². The molecule has 0 aromatic rings. The van der Waals surface area contributed by atoms with E-state index in [1.54, 1.807) is 6.92 Å². The van der Waals surface area contributed by atoms with Crippen molar-refractivity contribution < 1.29 is 14.3 Å². The molecule has 5 heteroatoms. The minimum Gasteiger partial charge on any atom is -0.467 e. The lowest BCUT2D eigenvalue weighted by Gasteiger charge is -2.02. The molecular weight excluding hydrogens is 294 g/mol. The molecule has 0 aromatic heterocycles. The molecule has 0 amide bonds. The second kappa shape index (κ2) is 6.68. The SMILES string of the molecule is COC(=O)COCC(I)=C(C)Cl. The quantitative estimate of drug-likeness (QED) is 0.589. The van der Waals surface area contributed by atoms with Crippen molar-refractivity contribution in [2.75, 3.05) is 20.3 Å². The summed E-state index contributed by atoms with van der Waals surface area (Å²) in [7, 11) is 1.32. The fourth-order valence-electron chi connectivity index (χ4n) is 0.382. The Morgan fingerprint density at radius 3 is 2.50 bits per heavy atom. The molecule has 0 bridgehead atoms. The number of carbonyl (C=O) groups is 1. The smallest absolute Gasteiger partial charge is 0.331 e. The summed E-state index contributed by atoms with van der Waals surface area (Å²) in [6.07, 6.45) is 0. The molecule has 0 aromatic carbocycles. The molecule has 0 N–H and O–H groups in total. The summed E-state index contributed by atoms with van der Waals surface area (Å²) < 4.78 is 10.2. The van der Waals surface area contributed by atoms with Crippen LogP contribution in [0.5, 0.6) is 0 Å². The van der Waals surface area contributed by atoms with Crippen LogP contribution in [0, 0.1) is 0 Å². The van der Waals surface area contributed by atoms with E-state index < -0.39 is 0 Å². The van der Waals surface area contributed by atoms with E-state index in [1.165, 1.54) is 7.11 Å². The van der Waals surface area contributed by atoms with E-state index in [2.05, 4.69) is 27.3 Å². The number of hydrogen-bond donors (Lipinski definition) is 0. The van der Waals surface area contributed by atoms with Gasteiger partial charge in [0.2, 0.25) is 0 Å². The molecule has 0 unspecified atom stereocenters. The first-order chi connectivity index (χ1) is 5.57. The van der Waals surface area contributed by atoms with E-state index in [4.69, 9.17) is 16.3 Å². The Labute approximate surface area is 90.2 Å². The van der Waals surface area contributed by atoms with Crippen molar-refractivity contribution in [1.29, 1.82) is 0 Å². The first-order valence-electron chi connectivity index (χ1n) is 3.23. The van der Waals surface area contributed by atoms with Gasteiger partial charge in [-0.15, -0.1) is 0 Å². The molecule has 0 atom stereocenters. The molecule has 0 saturated carbocycles. The highest BCUT2D eigenvalue weighted by Gasteiger charge is 2.01. The molecule has 0 rings (SSSR count). The van der Waals surface area contributed by atoms with Crippen molar-refractivity contribution in [1.82, 2.24) is 0 Å². The van der Waals surface area contributed by atoms with Crippen molar-refractivity contribution in [3.8, 4) is 0 Å². The van der Waals surface area contributed by atoms with Crippen LogP contribution in [0.25, 0.3) is 0 Å². The lowest BCUT2D eigenvalue weighted by atomic mass is 10.5. The Kier molecular flexibility index (Phi) is 6.78. The minimum absolute atomic E-state index is 0.0346. The van der Waals surface area contributed by atoms with E-state index in [0.29, 0.717) is 11.6 Å². The summed E-state index contributed by atoms with van der Waals surface area (Å²) >= 11 is 7.71. The first kappa shape index (κ1) is 12.2. The Morgan fingerprint density at radius 2 is 2.08 bits per heavy atom. The van der Waals surface area contributed by atoms with E-state index >= 15 is 0 Å². The zero-order valence-corrected chi connectivity index (χ0v) is 9.81. The van der Waals surface area contributed by atoms with Gasteiger partial charge in [-0.2, -0.15) is 0 Å². The molecule has 0 spiro atoms. The van der Waals surface area contributed by atoms with Gasteiger partial charge < -0.3 is 9.47 Å². The number of methoxy groups -OCH3 is 1. The van der Waals surface area contributed by atoms with Crippen LogP contribution in [0.15, 0.2) is 8.61 Å². The average molecular weight is 305 g/mol. The third-order valence-corrected chi connectivity index (χ3v) is 2.72. The number of carbonyl (C=O) groups excluding carboxylic acids is 1. The number of esters is 1. The standard InChI is InChI=1S/C7H10ClIO3/c1-5(8)6(9)3-12-4-7(10)11-2/h3-4H2,1-2H3. The van der Waals surface area contributed by atoms with Crippen LogP contribution in [-0.4, -0.2) is 26.3 Å². The van der Waals surface area contributed by atoms with Crippen LogP contribution >= 0.6 is 34.2 Å². The van der Waals surface area contributed by atoms with Crippen molar-refractivity contribution in [2.24, 2.45) is 0 Å². The zero-order valence-electron chi connectivity index (χ0n) is 6.89. The Hall–Kier alpha value is 0.190. The highest BCUT2D eigenvalue weighted by Crippen LogP contribution is 2.15. The van der Waals surface area contributed by atoms with E-state index in [9.17, 15) is 4.79 Å². The summed E-state index contributed by atoms with van der Waals surface area (Å²) in [5.74, 6) is -0.383. The molecule has 0 aliphatic carbocycles. The van der Waals surface area contributed by atoms with Gasteiger partial charge in [0.25, 0.3) is 0 Å². The molecule has 0 aliphatic rings. The average Bonchev–Trinajstić information content (AvgIpc) is 2.03. The first-order valence-corrected chi connectivity index (χ1v) is 4.69. The molecule has 0 aliphatic heterocycles. The summed E-state index contributed by atoms with van der Waals surface area (Å²) in [5, 5.41) is 0.681. The molecule has 0 saturated heterocycles. The van der Waals surface area contributed by atoms with Crippen LogP contribution in [0.2, 0.25) is 0 Å². The van der Waals surface area contributed by atoms with Gasteiger partial charge in [-0.25, -0.2) is 4.79 Å². The third-order valence-electron chi connectivity index (χ3n) is 1.05. The molecule has 0 radical (unpaired) electrons. The molecule has 3 nitrogen and oxygen atoms in total. The zero-order chi connectivity index (χ0) is 9.56. The lowest BCUT2D eigenvalue weighted by molar-refractivity contribution is -0.145. The Bertz CT molecular complexity index is 187. The molecular formula is C7H10ClIO3. The fourth-order valence-corrected chi connectivity index (χ4v) is 0.657. The van der Waals surface area contributed by atoms with Crippen LogP contribution < -0.4 is 0 Å². The maximum Gasteiger partial charge on any atom is 0.331 e. The topological polar surface area (TPSA) is 35.5 Å². The maximum absolute atomic E-state index is 10.6. The van der Waals surface area contributed by atoms with Gasteiger partial charge in [-0.3, -0.25) is 0 Å². The molecule has 70 valence electrons. The van der Waals surface area contributed by atoms with Crippen molar-refractivity contribution in [3.05, 3.63) is 8.61 Å². The summed E-state index contributed by atoms with van der Waals surface area (Å²) in [6, 6.07) is 0. The van der Waals surface area contributed by atoms with Gasteiger partial charge in [-0.1, -0.05) is 11.6 Å². The highest BCUT2D eigenvalue weighted by molar-refractivity contribution is 14.1. The Balaban J connectivity index is 3.58. The lowest BCUT2D eigenvalue weighted by Crippen LogP contribution is -2.10. The van der Waals surface area contributed by atoms with Crippen molar-refractivity contribution in [2.45, 2.75) is 6.92 Å². The molecule has 0 fully saturated rings. The largest absolute Gasteiger partial charge is 0.467 e. The number of ether oxygens (including phenoxy) is 2. The van der Waals surface area contributed by atoms with Gasteiger partial charge in [0.05, 0.1) is 13.7 Å². The number of rotatable bonds is 4. The second-order valence-electron chi connectivity index (χ2n) is 2.01. The van der Waals surface area contributed by atoms with Crippen LogP contribution in [0.4, 0.5) is 0 Å². The monoisotopic (exact) mass is 304 g/mol. The third kappa shape index (κ3) is 5.79. The number of hydrogen-bond acceptors (Lipinski definition) is 3. The molecule has 0 heterocycles. The van der Waals surface area contributed by atoms with Crippen LogP contribution in [0.3, 0.4) is 0 Å². The van der Waals surface area contributed by atoms with E-state index in [1.807, 2.05) is 0 Å². The van der Waals surface area contributed by atoms with Gasteiger partial charge >= 0.3 is 5.97 Å². The number of allylic oxidation sites excluding steroid dienone is 1. The predicted octanol–water partition coefficient (Wildman–Crippen LogP) is 2.08. The Morgan fingerprint density at radius 1 is 1.50 bits per heavy atom. The van der Waals surface area contributed by atoms with Gasteiger partial charge in [0.1, 0.15) is 6.61 Å².